The summed E-state index contributed by atoms with van der Waals surface area (Å²) in [7, 11) is 1.73. The second kappa shape index (κ2) is 2.41. The number of carbonyl (C=O) groups excluding carboxylic acids is 1. The quantitative estimate of drug-likeness (QED) is 0.408. The van der Waals surface area contributed by atoms with E-state index >= 15 is 0 Å². The van der Waals surface area contributed by atoms with Crippen molar-refractivity contribution in [2.75, 3.05) is 0 Å². The topological polar surface area (TPSA) is 60.1 Å². The minimum Gasteiger partial charge on any atom is -0.251 e. The molecule has 0 atom stereocenters. The van der Waals surface area contributed by atoms with Crippen LogP contribution in [0.25, 0.3) is 0 Å². The normalized spacial score (nSPS) is 9.00. The minimum atomic E-state index is 0.162. The monoisotopic (exact) mass is 138 g/mol. The average molecular weight is 138 g/mol. The van der Waals surface area contributed by atoms with Gasteiger partial charge in [-0.25, -0.2) is 4.79 Å². The van der Waals surface area contributed by atoms with Crippen LogP contribution in [0.2, 0.25) is 0 Å². The summed E-state index contributed by atoms with van der Waals surface area (Å²) in [6.07, 6.45) is 1.36. The number of aliphatic imine (C=N–C) groups is 1. The Hall–Kier alpha value is -1.48. The standard InChI is InChI=1S/C5H6N4O/c1-4-7-5(6-3-10)8-9(4)2/h1-2H3. The molecule has 0 spiro atoms. The summed E-state index contributed by atoms with van der Waals surface area (Å²) in [4.78, 5) is 16.8. The first-order valence-electron chi connectivity index (χ1n) is 2.69. The lowest BCUT2D eigenvalue weighted by atomic mass is 10.7. The van der Waals surface area contributed by atoms with Gasteiger partial charge in [-0.1, -0.05) is 0 Å². The number of hydrogen-bond acceptors (Lipinski definition) is 4. The van der Waals surface area contributed by atoms with Crippen LogP contribution in [0.4, 0.5) is 5.95 Å². The van der Waals surface area contributed by atoms with E-state index in [2.05, 4.69) is 15.1 Å². The molecule has 0 aliphatic carbocycles. The van der Waals surface area contributed by atoms with Gasteiger partial charge in [-0.05, 0) is 6.92 Å². The van der Waals surface area contributed by atoms with Crippen molar-refractivity contribution in [3.05, 3.63) is 5.82 Å². The van der Waals surface area contributed by atoms with E-state index in [9.17, 15) is 4.79 Å². The summed E-state index contributed by atoms with van der Waals surface area (Å²) < 4.78 is 1.54. The highest BCUT2D eigenvalue weighted by molar-refractivity contribution is 5.40. The summed E-state index contributed by atoms with van der Waals surface area (Å²) >= 11 is 0. The Balaban J connectivity index is 3.09. The molecule has 10 heavy (non-hydrogen) atoms. The molecule has 0 saturated heterocycles. The first kappa shape index (κ1) is 6.64. The fraction of sp³-hybridized carbons (Fsp3) is 0.400. The number of nitrogens with zero attached hydrogens (tertiary/aromatic N) is 4. The molecule has 5 heteroatoms. The van der Waals surface area contributed by atoms with Gasteiger partial charge in [-0.3, -0.25) is 4.68 Å². The molecule has 0 aliphatic heterocycles. The lowest BCUT2D eigenvalue weighted by Gasteiger charge is -1.84. The zero-order chi connectivity index (χ0) is 7.56. The fourth-order valence-electron chi connectivity index (χ4n) is 0.534. The third-order valence-corrected chi connectivity index (χ3v) is 1.12. The van der Waals surface area contributed by atoms with Crippen molar-refractivity contribution in [1.29, 1.82) is 0 Å². The molecule has 0 bridgehead atoms. The van der Waals surface area contributed by atoms with E-state index in [1.165, 1.54) is 10.8 Å². The molecule has 0 unspecified atom stereocenters. The fourth-order valence-corrected chi connectivity index (χ4v) is 0.534. The van der Waals surface area contributed by atoms with Gasteiger partial charge in [0.1, 0.15) is 5.82 Å². The van der Waals surface area contributed by atoms with Gasteiger partial charge in [0.15, 0.2) is 0 Å². The van der Waals surface area contributed by atoms with E-state index < -0.39 is 0 Å². The van der Waals surface area contributed by atoms with Crippen LogP contribution >= 0.6 is 0 Å². The summed E-state index contributed by atoms with van der Waals surface area (Å²) in [5, 5.41) is 3.78. The van der Waals surface area contributed by atoms with Gasteiger partial charge < -0.3 is 0 Å². The number of isocyanates is 1. The number of aryl methyl sites for hydroxylation is 2. The molecule has 0 fully saturated rings. The zero-order valence-corrected chi connectivity index (χ0v) is 5.70. The highest BCUT2D eigenvalue weighted by atomic mass is 16.1. The Morgan fingerprint density at radius 3 is 2.80 bits per heavy atom. The van der Waals surface area contributed by atoms with Crippen LogP contribution in [0.15, 0.2) is 4.99 Å². The predicted molar refractivity (Wildman–Crippen MR) is 33.5 cm³/mol. The highest BCUT2D eigenvalue weighted by Gasteiger charge is 1.98. The molecule has 1 aromatic heterocycles. The largest absolute Gasteiger partial charge is 0.279 e. The van der Waals surface area contributed by atoms with Crippen LogP contribution < -0.4 is 0 Å². The number of aromatic nitrogens is 3. The van der Waals surface area contributed by atoms with E-state index in [4.69, 9.17) is 0 Å². The summed E-state index contributed by atoms with van der Waals surface area (Å²) in [5.74, 6) is 0.879. The van der Waals surface area contributed by atoms with E-state index in [-0.39, 0.29) is 5.95 Å². The maximum absolute atomic E-state index is 9.71. The zero-order valence-electron chi connectivity index (χ0n) is 5.70. The summed E-state index contributed by atoms with van der Waals surface area (Å²) in [6, 6.07) is 0. The van der Waals surface area contributed by atoms with Gasteiger partial charge in [0, 0.05) is 7.05 Å². The molecule has 0 radical (unpaired) electrons. The number of rotatable bonds is 1. The smallest absolute Gasteiger partial charge is 0.251 e. The van der Waals surface area contributed by atoms with Crippen molar-refractivity contribution in [3.63, 3.8) is 0 Å². The van der Waals surface area contributed by atoms with Crippen molar-refractivity contribution in [3.8, 4) is 0 Å². The molecule has 52 valence electrons. The molecule has 0 N–H and O–H groups in total. The minimum absolute atomic E-state index is 0.162. The van der Waals surface area contributed by atoms with Gasteiger partial charge in [0.05, 0.1) is 0 Å². The molecule has 0 saturated carbocycles. The molecule has 1 heterocycles. The van der Waals surface area contributed by atoms with Gasteiger partial charge in [-0.15, -0.1) is 10.1 Å². The van der Waals surface area contributed by atoms with Crippen molar-refractivity contribution < 1.29 is 4.79 Å². The van der Waals surface area contributed by atoms with E-state index in [1.807, 2.05) is 0 Å². The summed E-state index contributed by atoms with van der Waals surface area (Å²) in [5.41, 5.74) is 0. The third kappa shape index (κ3) is 1.09. The second-order valence-corrected chi connectivity index (χ2v) is 1.79. The second-order valence-electron chi connectivity index (χ2n) is 1.79. The van der Waals surface area contributed by atoms with E-state index in [0.29, 0.717) is 5.82 Å². The van der Waals surface area contributed by atoms with E-state index in [1.54, 1.807) is 14.0 Å². The first-order chi connectivity index (χ1) is 4.74. The van der Waals surface area contributed by atoms with Gasteiger partial charge >= 0.3 is 0 Å². The Morgan fingerprint density at radius 2 is 2.40 bits per heavy atom. The van der Waals surface area contributed by atoms with Crippen molar-refractivity contribution >= 4 is 12.0 Å². The van der Waals surface area contributed by atoms with Crippen LogP contribution in [0.3, 0.4) is 0 Å². The van der Waals surface area contributed by atoms with Gasteiger partial charge in [-0.2, -0.15) is 4.98 Å². The molecular formula is C5H6N4O. The molecule has 1 rings (SSSR count). The van der Waals surface area contributed by atoms with Crippen LogP contribution in [0.5, 0.6) is 0 Å². The Labute approximate surface area is 57.4 Å². The van der Waals surface area contributed by atoms with Crippen molar-refractivity contribution in [1.82, 2.24) is 14.8 Å². The van der Waals surface area contributed by atoms with Crippen LogP contribution in [0, 0.1) is 6.92 Å². The maximum Gasteiger partial charge on any atom is 0.279 e. The van der Waals surface area contributed by atoms with Crippen molar-refractivity contribution in [2.24, 2.45) is 12.0 Å². The SMILES string of the molecule is Cc1nc(N=C=O)nn1C. The summed E-state index contributed by atoms with van der Waals surface area (Å²) in [6.45, 7) is 1.77. The molecule has 0 aliphatic rings. The van der Waals surface area contributed by atoms with Gasteiger partial charge in [0.25, 0.3) is 5.95 Å². The van der Waals surface area contributed by atoms with Gasteiger partial charge in [0.2, 0.25) is 6.08 Å². The Kier molecular flexibility index (Phi) is 1.60. The Morgan fingerprint density at radius 1 is 1.70 bits per heavy atom. The highest BCUT2D eigenvalue weighted by Crippen LogP contribution is 2.01. The lowest BCUT2D eigenvalue weighted by molar-refractivity contribution is 0.565. The molecular weight excluding hydrogens is 132 g/mol. The molecule has 1 aromatic rings. The first-order valence-corrected chi connectivity index (χ1v) is 2.69. The molecule has 0 amide bonds. The average Bonchev–Trinajstić information content (AvgIpc) is 2.14. The van der Waals surface area contributed by atoms with Crippen LogP contribution in [-0.4, -0.2) is 20.8 Å². The molecule has 5 nitrogen and oxygen atoms in total. The maximum atomic E-state index is 9.71. The van der Waals surface area contributed by atoms with E-state index in [0.717, 1.165) is 0 Å². The molecule has 0 aromatic carbocycles. The Bertz CT molecular complexity index is 264. The lowest BCUT2D eigenvalue weighted by Crippen LogP contribution is -1.91. The number of hydrogen-bond donors (Lipinski definition) is 0. The predicted octanol–water partition coefficient (Wildman–Crippen LogP) is 0.0908. The third-order valence-electron chi connectivity index (χ3n) is 1.12. The van der Waals surface area contributed by atoms with Crippen LogP contribution in [0.1, 0.15) is 5.82 Å². The van der Waals surface area contributed by atoms with Crippen LogP contribution in [-0.2, 0) is 11.8 Å². The van der Waals surface area contributed by atoms with Crippen molar-refractivity contribution in [2.45, 2.75) is 6.92 Å².